The van der Waals surface area contributed by atoms with Crippen LogP contribution in [0.4, 0.5) is 18.9 Å². The van der Waals surface area contributed by atoms with Crippen LogP contribution in [0.5, 0.6) is 0 Å². The van der Waals surface area contributed by atoms with Gasteiger partial charge in [0.2, 0.25) is 0 Å². The largest absolute Gasteiger partial charge is 0.416 e. The second-order valence-corrected chi connectivity index (χ2v) is 5.62. The van der Waals surface area contributed by atoms with Crippen LogP contribution >= 0.6 is 23.4 Å². The van der Waals surface area contributed by atoms with Crippen LogP contribution in [-0.4, -0.2) is 0 Å². The average molecular weight is 318 g/mol. The summed E-state index contributed by atoms with van der Waals surface area (Å²) < 4.78 is 37.3. The minimum absolute atomic E-state index is 0.546. The van der Waals surface area contributed by atoms with E-state index in [2.05, 4.69) is 0 Å². The molecule has 0 aliphatic carbocycles. The number of benzene rings is 2. The van der Waals surface area contributed by atoms with E-state index in [1.165, 1.54) is 23.9 Å². The van der Waals surface area contributed by atoms with Crippen LogP contribution < -0.4 is 5.73 Å². The Bertz CT molecular complexity index is 596. The highest BCUT2D eigenvalue weighted by atomic mass is 35.5. The number of thioether (sulfide) groups is 1. The van der Waals surface area contributed by atoms with Crippen LogP contribution in [0.15, 0.2) is 47.4 Å². The van der Waals surface area contributed by atoms with E-state index in [1.807, 2.05) is 0 Å². The number of rotatable bonds is 3. The van der Waals surface area contributed by atoms with Gasteiger partial charge in [0.25, 0.3) is 0 Å². The van der Waals surface area contributed by atoms with E-state index in [1.54, 1.807) is 18.2 Å². The summed E-state index contributed by atoms with van der Waals surface area (Å²) in [5, 5.41) is 0.557. The Morgan fingerprint density at radius 1 is 1.05 bits per heavy atom. The predicted molar refractivity (Wildman–Crippen MR) is 76.9 cm³/mol. The van der Waals surface area contributed by atoms with Gasteiger partial charge in [0.15, 0.2) is 0 Å². The molecular weight excluding hydrogens is 307 g/mol. The van der Waals surface area contributed by atoms with E-state index in [4.69, 9.17) is 17.3 Å². The van der Waals surface area contributed by atoms with Crippen molar-refractivity contribution in [3.8, 4) is 0 Å². The second-order valence-electron chi connectivity index (χ2n) is 4.17. The molecule has 0 aromatic heterocycles. The molecule has 0 aliphatic rings. The van der Waals surface area contributed by atoms with E-state index < -0.39 is 11.7 Å². The summed E-state index contributed by atoms with van der Waals surface area (Å²) in [6, 6.07) is 10.3. The zero-order valence-corrected chi connectivity index (χ0v) is 11.8. The van der Waals surface area contributed by atoms with Crippen molar-refractivity contribution in [1.29, 1.82) is 0 Å². The third-order valence-electron chi connectivity index (χ3n) is 2.65. The van der Waals surface area contributed by atoms with E-state index in [-0.39, 0.29) is 0 Å². The third-order valence-corrected chi connectivity index (χ3v) is 4.04. The molecule has 0 unspecified atom stereocenters. The molecule has 0 radical (unpaired) electrons. The summed E-state index contributed by atoms with van der Waals surface area (Å²) >= 11 is 7.26. The Kier molecular flexibility index (Phi) is 4.50. The van der Waals surface area contributed by atoms with Gasteiger partial charge < -0.3 is 5.73 Å². The molecule has 1 nitrogen and oxygen atoms in total. The van der Waals surface area contributed by atoms with Crippen LogP contribution in [-0.2, 0) is 11.9 Å². The van der Waals surface area contributed by atoms with E-state index in [9.17, 15) is 13.2 Å². The number of nitrogen functional groups attached to an aromatic ring is 1. The Labute approximate surface area is 123 Å². The lowest BCUT2D eigenvalue weighted by Gasteiger charge is -2.08. The molecule has 0 atom stereocenters. The van der Waals surface area contributed by atoms with Gasteiger partial charge in [-0.3, -0.25) is 0 Å². The van der Waals surface area contributed by atoms with Crippen molar-refractivity contribution >= 4 is 29.1 Å². The summed E-state index contributed by atoms with van der Waals surface area (Å²) in [5.41, 5.74) is 6.54. The smallest absolute Gasteiger partial charge is 0.398 e. The molecule has 0 saturated carbocycles. The van der Waals surface area contributed by atoms with Crippen LogP contribution in [0.1, 0.15) is 11.1 Å². The van der Waals surface area contributed by atoms with Crippen molar-refractivity contribution in [3.63, 3.8) is 0 Å². The molecule has 0 spiro atoms. The maximum absolute atomic E-state index is 12.4. The molecule has 0 heterocycles. The van der Waals surface area contributed by atoms with Gasteiger partial charge in [0, 0.05) is 21.4 Å². The van der Waals surface area contributed by atoms with Crippen LogP contribution in [0.25, 0.3) is 0 Å². The summed E-state index contributed by atoms with van der Waals surface area (Å²) in [7, 11) is 0. The topological polar surface area (TPSA) is 26.0 Å². The van der Waals surface area contributed by atoms with Crippen LogP contribution in [0, 0.1) is 0 Å². The standard InChI is InChI=1S/C14H11ClF3NS/c15-11-5-6-13(12(19)7-11)20-8-9-1-3-10(4-2-9)14(16,17)18/h1-7H,8,19H2. The highest BCUT2D eigenvalue weighted by Gasteiger charge is 2.29. The lowest BCUT2D eigenvalue weighted by molar-refractivity contribution is -0.137. The Hall–Kier alpha value is -1.33. The molecular formula is C14H11ClF3NS. The highest BCUT2D eigenvalue weighted by Crippen LogP contribution is 2.32. The van der Waals surface area contributed by atoms with E-state index in [0.717, 1.165) is 22.6 Å². The monoisotopic (exact) mass is 317 g/mol. The molecule has 2 N–H and O–H groups in total. The van der Waals surface area contributed by atoms with Crippen molar-refractivity contribution in [2.75, 3.05) is 5.73 Å². The first-order valence-electron chi connectivity index (χ1n) is 5.70. The molecule has 0 aliphatic heterocycles. The van der Waals surface area contributed by atoms with Crippen molar-refractivity contribution in [2.45, 2.75) is 16.8 Å². The van der Waals surface area contributed by atoms with E-state index in [0.29, 0.717) is 16.5 Å². The van der Waals surface area contributed by atoms with E-state index >= 15 is 0 Å². The fourth-order valence-electron chi connectivity index (χ4n) is 1.60. The molecule has 0 saturated heterocycles. The van der Waals surface area contributed by atoms with Crippen molar-refractivity contribution < 1.29 is 13.2 Å². The zero-order valence-electron chi connectivity index (χ0n) is 10.2. The number of halogens is 4. The van der Waals surface area contributed by atoms with Gasteiger partial charge in [-0.05, 0) is 35.9 Å². The van der Waals surface area contributed by atoms with Gasteiger partial charge in [-0.25, -0.2) is 0 Å². The molecule has 20 heavy (non-hydrogen) atoms. The molecule has 0 amide bonds. The summed E-state index contributed by atoms with van der Waals surface area (Å²) in [5.74, 6) is 0.546. The Morgan fingerprint density at radius 3 is 2.25 bits per heavy atom. The predicted octanol–water partition coefficient (Wildman–Crippen LogP) is 5.23. The maximum Gasteiger partial charge on any atom is 0.416 e. The summed E-state index contributed by atoms with van der Waals surface area (Å²) in [6.07, 6.45) is -4.30. The Morgan fingerprint density at radius 2 is 1.70 bits per heavy atom. The molecule has 2 aromatic rings. The SMILES string of the molecule is Nc1cc(Cl)ccc1SCc1ccc(C(F)(F)F)cc1. The zero-order chi connectivity index (χ0) is 14.8. The van der Waals surface area contributed by atoms with Gasteiger partial charge in [-0.15, -0.1) is 11.8 Å². The molecule has 106 valence electrons. The molecule has 2 aromatic carbocycles. The second kappa shape index (κ2) is 5.97. The van der Waals surface area contributed by atoms with Gasteiger partial charge in [0.1, 0.15) is 0 Å². The molecule has 0 fully saturated rings. The maximum atomic E-state index is 12.4. The van der Waals surface area contributed by atoms with Gasteiger partial charge in [-0.1, -0.05) is 23.7 Å². The number of nitrogens with two attached hydrogens (primary N) is 1. The fraction of sp³-hybridized carbons (Fsp3) is 0.143. The molecule has 0 bridgehead atoms. The minimum Gasteiger partial charge on any atom is -0.398 e. The molecule has 6 heteroatoms. The lowest BCUT2D eigenvalue weighted by Crippen LogP contribution is -2.04. The first-order valence-corrected chi connectivity index (χ1v) is 7.06. The van der Waals surface area contributed by atoms with Crippen molar-refractivity contribution in [1.82, 2.24) is 0 Å². The quantitative estimate of drug-likeness (QED) is 0.619. The van der Waals surface area contributed by atoms with Crippen LogP contribution in [0.2, 0.25) is 5.02 Å². The Balaban J connectivity index is 2.04. The summed E-state index contributed by atoms with van der Waals surface area (Å²) in [4.78, 5) is 0.856. The van der Waals surface area contributed by atoms with Crippen LogP contribution in [0.3, 0.4) is 0 Å². The number of alkyl halides is 3. The van der Waals surface area contributed by atoms with Crippen molar-refractivity contribution in [3.05, 3.63) is 58.6 Å². The first-order chi connectivity index (χ1) is 9.36. The number of hydrogen-bond acceptors (Lipinski definition) is 2. The highest BCUT2D eigenvalue weighted by molar-refractivity contribution is 7.98. The first kappa shape index (κ1) is 15.1. The van der Waals surface area contributed by atoms with Gasteiger partial charge in [-0.2, -0.15) is 13.2 Å². The van der Waals surface area contributed by atoms with Crippen molar-refractivity contribution in [2.24, 2.45) is 0 Å². The lowest BCUT2D eigenvalue weighted by atomic mass is 10.1. The fourth-order valence-corrected chi connectivity index (χ4v) is 2.69. The number of anilines is 1. The van der Waals surface area contributed by atoms with Gasteiger partial charge >= 0.3 is 6.18 Å². The molecule has 2 rings (SSSR count). The van der Waals surface area contributed by atoms with Gasteiger partial charge in [0.05, 0.1) is 5.56 Å². The normalized spacial score (nSPS) is 11.6. The minimum atomic E-state index is -4.30. The third kappa shape index (κ3) is 3.84. The summed E-state index contributed by atoms with van der Waals surface area (Å²) in [6.45, 7) is 0. The average Bonchev–Trinajstić information content (AvgIpc) is 2.37. The number of hydrogen-bond donors (Lipinski definition) is 1.